The fraction of sp³-hybridized carbons (Fsp3) is 0.565. The predicted molar refractivity (Wildman–Crippen MR) is 113 cm³/mol. The molecule has 3 aliphatic heterocycles. The number of hydrogen-bond acceptors (Lipinski definition) is 6. The minimum absolute atomic E-state index is 0.0163. The van der Waals surface area contributed by atoms with Crippen LogP contribution in [-0.4, -0.2) is 54.2 Å². The van der Waals surface area contributed by atoms with Crippen LogP contribution in [0.2, 0.25) is 0 Å². The second-order valence-corrected chi connectivity index (χ2v) is 9.39. The number of anilines is 1. The van der Waals surface area contributed by atoms with E-state index in [1.165, 1.54) is 18.6 Å². The zero-order valence-electron chi connectivity index (χ0n) is 17.8. The van der Waals surface area contributed by atoms with Crippen LogP contribution in [0.25, 0.3) is 0 Å². The Kier molecular flexibility index (Phi) is 5.23. The summed E-state index contributed by atoms with van der Waals surface area (Å²) in [6, 6.07) is 1.43. The van der Waals surface area contributed by atoms with E-state index in [9.17, 15) is 23.6 Å². The summed E-state index contributed by atoms with van der Waals surface area (Å²) in [5.74, 6) is -2.44. The van der Waals surface area contributed by atoms with Gasteiger partial charge in [0.1, 0.15) is 11.9 Å². The SMILES string of the molecule is O=C1CCC(N2C(=O)c3ccc(F)c(NCC4(C5CCC5)CCNCC4)c3C2=O)C(=O)N1. The predicted octanol–water partition coefficient (Wildman–Crippen LogP) is 1.81. The molecule has 5 rings (SSSR count). The Bertz CT molecular complexity index is 1000. The van der Waals surface area contributed by atoms with Gasteiger partial charge < -0.3 is 10.6 Å². The molecule has 3 heterocycles. The summed E-state index contributed by atoms with van der Waals surface area (Å²) in [5, 5.41) is 8.77. The largest absolute Gasteiger partial charge is 0.381 e. The molecule has 9 heteroatoms. The van der Waals surface area contributed by atoms with Gasteiger partial charge in [-0.15, -0.1) is 0 Å². The maximum Gasteiger partial charge on any atom is 0.264 e. The highest BCUT2D eigenvalue weighted by atomic mass is 19.1. The van der Waals surface area contributed by atoms with E-state index in [1.54, 1.807) is 0 Å². The average molecular weight is 442 g/mol. The van der Waals surface area contributed by atoms with Crippen LogP contribution < -0.4 is 16.0 Å². The molecule has 0 spiro atoms. The number of carbonyl (C=O) groups excluding carboxylic acids is 4. The molecule has 170 valence electrons. The highest BCUT2D eigenvalue weighted by molar-refractivity contribution is 6.25. The first-order chi connectivity index (χ1) is 15.4. The van der Waals surface area contributed by atoms with Gasteiger partial charge in [-0.1, -0.05) is 6.42 Å². The molecular weight excluding hydrogens is 415 g/mol. The second-order valence-electron chi connectivity index (χ2n) is 9.39. The zero-order valence-corrected chi connectivity index (χ0v) is 17.8. The van der Waals surface area contributed by atoms with Crippen molar-refractivity contribution >= 4 is 29.3 Å². The fourth-order valence-corrected chi connectivity index (χ4v) is 5.64. The lowest BCUT2D eigenvalue weighted by Gasteiger charge is -2.48. The van der Waals surface area contributed by atoms with Crippen molar-refractivity contribution in [3.05, 3.63) is 29.1 Å². The number of halogens is 1. The van der Waals surface area contributed by atoms with Crippen LogP contribution in [0.15, 0.2) is 12.1 Å². The van der Waals surface area contributed by atoms with Gasteiger partial charge in [0.25, 0.3) is 11.8 Å². The van der Waals surface area contributed by atoms with Crippen LogP contribution in [0.1, 0.15) is 65.7 Å². The molecule has 1 aromatic carbocycles. The summed E-state index contributed by atoms with van der Waals surface area (Å²) in [4.78, 5) is 50.9. The Hall–Kier alpha value is -2.81. The normalized spacial score (nSPS) is 25.4. The van der Waals surface area contributed by atoms with Gasteiger partial charge in [-0.3, -0.25) is 29.4 Å². The van der Waals surface area contributed by atoms with Crippen molar-refractivity contribution in [3.63, 3.8) is 0 Å². The highest BCUT2D eigenvalue weighted by Crippen LogP contribution is 2.48. The van der Waals surface area contributed by atoms with E-state index in [0.717, 1.165) is 43.7 Å². The Morgan fingerprint density at radius 1 is 1.06 bits per heavy atom. The van der Waals surface area contributed by atoms with Gasteiger partial charge in [0.05, 0.1) is 16.8 Å². The third kappa shape index (κ3) is 3.30. The van der Waals surface area contributed by atoms with Gasteiger partial charge in [-0.2, -0.15) is 0 Å². The number of fused-ring (bicyclic) bond motifs is 1. The quantitative estimate of drug-likeness (QED) is 0.601. The molecule has 1 atom stereocenters. The molecule has 2 saturated heterocycles. The molecule has 3 N–H and O–H groups in total. The number of nitrogens with zero attached hydrogens (tertiary/aromatic N) is 1. The Balaban J connectivity index is 1.43. The van der Waals surface area contributed by atoms with Gasteiger partial charge in [-0.05, 0) is 68.7 Å². The van der Waals surface area contributed by atoms with E-state index in [1.807, 2.05) is 0 Å². The molecule has 4 amide bonds. The lowest BCUT2D eigenvalue weighted by molar-refractivity contribution is -0.136. The van der Waals surface area contributed by atoms with Crippen molar-refractivity contribution in [2.24, 2.45) is 11.3 Å². The number of carbonyl (C=O) groups is 4. The fourth-order valence-electron chi connectivity index (χ4n) is 5.64. The molecule has 0 aromatic heterocycles. The van der Waals surface area contributed by atoms with Crippen molar-refractivity contribution in [1.82, 2.24) is 15.5 Å². The maximum atomic E-state index is 14.9. The molecule has 0 bridgehead atoms. The molecule has 1 aliphatic carbocycles. The number of rotatable bonds is 5. The van der Waals surface area contributed by atoms with E-state index in [2.05, 4.69) is 16.0 Å². The lowest BCUT2D eigenvalue weighted by Crippen LogP contribution is -2.54. The van der Waals surface area contributed by atoms with Gasteiger partial charge in [-0.25, -0.2) is 4.39 Å². The first kappa shape index (κ1) is 21.1. The van der Waals surface area contributed by atoms with Gasteiger partial charge in [0, 0.05) is 13.0 Å². The standard InChI is InChI=1S/C23H27FN4O4/c24-15-5-4-14-18(22(32)28(21(14)31)16-6-7-17(29)27-20(16)30)19(15)26-12-23(13-2-1-3-13)8-10-25-11-9-23/h4-5,13,16,25-26H,1-3,6-12H2,(H,27,29,30). The van der Waals surface area contributed by atoms with Crippen molar-refractivity contribution in [3.8, 4) is 0 Å². The van der Waals surface area contributed by atoms with Crippen molar-refractivity contribution in [2.45, 2.75) is 51.0 Å². The molecule has 1 aromatic rings. The van der Waals surface area contributed by atoms with Gasteiger partial charge in [0.2, 0.25) is 11.8 Å². The number of benzene rings is 1. The van der Waals surface area contributed by atoms with E-state index in [-0.39, 0.29) is 35.1 Å². The monoisotopic (exact) mass is 442 g/mol. The minimum Gasteiger partial charge on any atom is -0.381 e. The molecule has 8 nitrogen and oxygen atoms in total. The van der Waals surface area contributed by atoms with E-state index < -0.39 is 35.5 Å². The molecule has 3 fully saturated rings. The van der Waals surface area contributed by atoms with E-state index in [4.69, 9.17) is 0 Å². The number of piperidine rings is 2. The van der Waals surface area contributed by atoms with Crippen LogP contribution in [0.4, 0.5) is 10.1 Å². The number of nitrogens with one attached hydrogen (secondary N) is 3. The molecule has 32 heavy (non-hydrogen) atoms. The molecule has 4 aliphatic rings. The lowest BCUT2D eigenvalue weighted by atomic mass is 9.61. The molecule has 1 saturated carbocycles. The van der Waals surface area contributed by atoms with Crippen molar-refractivity contribution in [2.75, 3.05) is 25.0 Å². The summed E-state index contributed by atoms with van der Waals surface area (Å²) < 4.78 is 14.9. The van der Waals surface area contributed by atoms with Gasteiger partial charge >= 0.3 is 0 Å². The summed E-state index contributed by atoms with van der Waals surface area (Å²) in [5.41, 5.74) is 0.144. The molecular formula is C23H27FN4O4. The summed E-state index contributed by atoms with van der Waals surface area (Å²) in [6.07, 6.45) is 5.62. The average Bonchev–Trinajstić information content (AvgIpc) is 2.97. The van der Waals surface area contributed by atoms with Crippen LogP contribution in [-0.2, 0) is 9.59 Å². The van der Waals surface area contributed by atoms with Crippen molar-refractivity contribution in [1.29, 1.82) is 0 Å². The maximum absolute atomic E-state index is 14.9. The van der Waals surface area contributed by atoms with Crippen LogP contribution in [0.5, 0.6) is 0 Å². The van der Waals surface area contributed by atoms with Crippen LogP contribution in [0, 0.1) is 17.2 Å². The van der Waals surface area contributed by atoms with Crippen LogP contribution >= 0.6 is 0 Å². The minimum atomic E-state index is -1.07. The first-order valence-corrected chi connectivity index (χ1v) is 11.4. The Morgan fingerprint density at radius 3 is 2.47 bits per heavy atom. The van der Waals surface area contributed by atoms with E-state index >= 15 is 0 Å². The first-order valence-electron chi connectivity index (χ1n) is 11.4. The van der Waals surface area contributed by atoms with Crippen LogP contribution in [0.3, 0.4) is 0 Å². The van der Waals surface area contributed by atoms with Gasteiger partial charge in [0.15, 0.2) is 0 Å². The Labute approximate surface area is 185 Å². The second kappa shape index (κ2) is 7.95. The summed E-state index contributed by atoms with van der Waals surface area (Å²) in [7, 11) is 0. The third-order valence-electron chi connectivity index (χ3n) is 7.75. The number of hydrogen-bond donors (Lipinski definition) is 3. The Morgan fingerprint density at radius 2 is 1.81 bits per heavy atom. The topological polar surface area (TPSA) is 108 Å². The summed E-state index contributed by atoms with van der Waals surface area (Å²) in [6.45, 7) is 2.36. The van der Waals surface area contributed by atoms with Crippen molar-refractivity contribution < 1.29 is 23.6 Å². The van der Waals surface area contributed by atoms with E-state index in [0.29, 0.717) is 12.5 Å². The number of amides is 4. The summed E-state index contributed by atoms with van der Waals surface area (Å²) >= 11 is 0. The highest BCUT2D eigenvalue weighted by Gasteiger charge is 2.47. The zero-order chi connectivity index (χ0) is 22.5. The number of imide groups is 2. The third-order valence-corrected chi connectivity index (χ3v) is 7.75. The molecule has 1 unspecified atom stereocenters. The smallest absolute Gasteiger partial charge is 0.264 e. The molecule has 0 radical (unpaired) electrons.